The van der Waals surface area contributed by atoms with Crippen LogP contribution in [0.2, 0.25) is 0 Å². The maximum atomic E-state index is 10.4. The summed E-state index contributed by atoms with van der Waals surface area (Å²) in [5.41, 5.74) is 1.29. The van der Waals surface area contributed by atoms with E-state index in [9.17, 15) is 5.11 Å². The number of aliphatic hydroxyl groups excluding tert-OH is 1. The highest BCUT2D eigenvalue weighted by Gasteiger charge is 2.46. The van der Waals surface area contributed by atoms with Gasteiger partial charge in [-0.25, -0.2) is 0 Å². The third kappa shape index (κ3) is 2.74. The minimum absolute atomic E-state index is 0.338. The first-order valence-electron chi connectivity index (χ1n) is 6.88. The molecule has 1 N–H and O–H groups in total. The molecule has 3 atom stereocenters. The fourth-order valence-electron chi connectivity index (χ4n) is 2.52. The SMILES string of the molecule is COc1ccc(C2=NO[C@@H]([C@H]3COC(C)(C)O3)[C@@H]2O)cc1. The van der Waals surface area contributed by atoms with Crippen LogP contribution in [0.1, 0.15) is 19.4 Å². The number of nitrogens with zero attached hydrogens (tertiary/aromatic N) is 1. The molecule has 2 heterocycles. The highest BCUT2D eigenvalue weighted by atomic mass is 16.8. The fourth-order valence-corrected chi connectivity index (χ4v) is 2.52. The van der Waals surface area contributed by atoms with E-state index in [2.05, 4.69) is 5.16 Å². The number of oxime groups is 1. The highest BCUT2D eigenvalue weighted by Crippen LogP contribution is 2.30. The Labute approximate surface area is 123 Å². The number of hydrogen-bond acceptors (Lipinski definition) is 6. The van der Waals surface area contributed by atoms with Crippen LogP contribution in [0.5, 0.6) is 5.75 Å². The van der Waals surface area contributed by atoms with Crippen molar-refractivity contribution in [1.29, 1.82) is 0 Å². The molecular formula is C15H19NO5. The van der Waals surface area contributed by atoms with Gasteiger partial charge in [0.1, 0.15) is 23.7 Å². The summed E-state index contributed by atoms with van der Waals surface area (Å²) in [5.74, 6) is 0.0925. The van der Waals surface area contributed by atoms with Gasteiger partial charge < -0.3 is 24.2 Å². The molecule has 2 aliphatic rings. The van der Waals surface area contributed by atoms with Gasteiger partial charge in [-0.3, -0.25) is 0 Å². The second-order valence-corrected chi connectivity index (χ2v) is 5.59. The van der Waals surface area contributed by atoms with Crippen molar-refractivity contribution < 1.29 is 24.2 Å². The van der Waals surface area contributed by atoms with Gasteiger partial charge in [-0.1, -0.05) is 5.16 Å². The average molecular weight is 293 g/mol. The summed E-state index contributed by atoms with van der Waals surface area (Å²) >= 11 is 0. The van der Waals surface area contributed by atoms with Crippen LogP contribution >= 0.6 is 0 Å². The van der Waals surface area contributed by atoms with Crippen molar-refractivity contribution in [2.45, 2.75) is 37.9 Å². The first-order chi connectivity index (χ1) is 10.00. The number of methoxy groups -OCH3 is 1. The molecule has 21 heavy (non-hydrogen) atoms. The van der Waals surface area contributed by atoms with Crippen molar-refractivity contribution in [2.24, 2.45) is 5.16 Å². The first kappa shape index (κ1) is 14.3. The number of hydrogen-bond donors (Lipinski definition) is 1. The van der Waals surface area contributed by atoms with Crippen LogP contribution in [-0.4, -0.2) is 48.6 Å². The van der Waals surface area contributed by atoms with Crippen LogP contribution < -0.4 is 4.74 Å². The number of ether oxygens (including phenoxy) is 3. The van der Waals surface area contributed by atoms with Crippen LogP contribution in [0.15, 0.2) is 29.4 Å². The third-order valence-electron chi connectivity index (χ3n) is 3.65. The van der Waals surface area contributed by atoms with Gasteiger partial charge in [0, 0.05) is 5.56 Å². The van der Waals surface area contributed by atoms with Gasteiger partial charge in [-0.05, 0) is 38.1 Å². The van der Waals surface area contributed by atoms with Crippen molar-refractivity contribution in [1.82, 2.24) is 0 Å². The monoisotopic (exact) mass is 293 g/mol. The molecule has 0 aliphatic carbocycles. The predicted octanol–water partition coefficient (Wildman–Crippen LogP) is 1.31. The molecule has 114 valence electrons. The first-order valence-corrected chi connectivity index (χ1v) is 6.88. The molecule has 0 radical (unpaired) electrons. The Kier molecular flexibility index (Phi) is 3.61. The van der Waals surface area contributed by atoms with E-state index in [1.165, 1.54) is 0 Å². The second-order valence-electron chi connectivity index (χ2n) is 5.59. The lowest BCUT2D eigenvalue weighted by molar-refractivity contribution is -0.160. The Hall–Kier alpha value is -1.63. The second kappa shape index (κ2) is 5.29. The molecule has 6 nitrogen and oxygen atoms in total. The van der Waals surface area contributed by atoms with E-state index in [0.29, 0.717) is 12.3 Å². The molecule has 3 rings (SSSR count). The molecular weight excluding hydrogens is 274 g/mol. The maximum absolute atomic E-state index is 10.4. The Morgan fingerprint density at radius 2 is 2.00 bits per heavy atom. The summed E-state index contributed by atoms with van der Waals surface area (Å²) in [6.07, 6.45) is -1.74. The quantitative estimate of drug-likeness (QED) is 0.910. The van der Waals surface area contributed by atoms with Gasteiger partial charge in [0.05, 0.1) is 13.7 Å². The molecule has 0 spiro atoms. The fraction of sp³-hybridized carbons (Fsp3) is 0.533. The van der Waals surface area contributed by atoms with Crippen molar-refractivity contribution in [3.8, 4) is 5.75 Å². The zero-order chi connectivity index (χ0) is 15.0. The molecule has 1 fully saturated rings. The lowest BCUT2D eigenvalue weighted by Gasteiger charge is -2.21. The van der Waals surface area contributed by atoms with Crippen molar-refractivity contribution in [3.05, 3.63) is 29.8 Å². The number of rotatable bonds is 3. The van der Waals surface area contributed by atoms with Crippen LogP contribution in [0, 0.1) is 0 Å². The van der Waals surface area contributed by atoms with Crippen molar-refractivity contribution >= 4 is 5.71 Å². The van der Waals surface area contributed by atoms with E-state index >= 15 is 0 Å². The summed E-state index contributed by atoms with van der Waals surface area (Å²) in [6.45, 7) is 4.04. The van der Waals surface area contributed by atoms with Gasteiger partial charge >= 0.3 is 0 Å². The Bertz CT molecular complexity index is 539. The van der Waals surface area contributed by atoms with Crippen LogP contribution in [0.4, 0.5) is 0 Å². The summed E-state index contributed by atoms with van der Waals surface area (Å²) in [4.78, 5) is 5.37. The Morgan fingerprint density at radius 3 is 2.57 bits per heavy atom. The normalized spacial score (nSPS) is 30.9. The standard InChI is InChI=1S/C15H19NO5/c1-15(2)19-8-11(20-15)14-13(17)12(16-21-14)9-4-6-10(18-3)7-5-9/h4-7,11,13-14,17H,8H2,1-3H3/t11-,13-,14+/m1/s1. The molecule has 1 aromatic rings. The van der Waals surface area contributed by atoms with Crippen LogP contribution in [0.25, 0.3) is 0 Å². The molecule has 2 aliphatic heterocycles. The van der Waals surface area contributed by atoms with Crippen molar-refractivity contribution in [3.63, 3.8) is 0 Å². The van der Waals surface area contributed by atoms with Crippen LogP contribution in [0.3, 0.4) is 0 Å². The number of aliphatic hydroxyl groups is 1. The van der Waals surface area contributed by atoms with E-state index in [1.54, 1.807) is 7.11 Å². The molecule has 0 saturated carbocycles. The minimum atomic E-state index is -0.846. The largest absolute Gasteiger partial charge is 0.497 e. The summed E-state index contributed by atoms with van der Waals surface area (Å²) in [6, 6.07) is 7.30. The van der Waals surface area contributed by atoms with Crippen LogP contribution in [-0.2, 0) is 14.3 Å². The van der Waals surface area contributed by atoms with E-state index in [-0.39, 0.29) is 6.10 Å². The highest BCUT2D eigenvalue weighted by molar-refractivity contribution is 6.04. The molecule has 1 saturated heterocycles. The topological polar surface area (TPSA) is 69.5 Å². The smallest absolute Gasteiger partial charge is 0.187 e. The van der Waals surface area contributed by atoms with Gasteiger partial charge in [-0.15, -0.1) is 0 Å². The summed E-state index contributed by atoms with van der Waals surface area (Å²) in [5, 5.41) is 14.4. The van der Waals surface area contributed by atoms with Gasteiger partial charge in [0.15, 0.2) is 11.9 Å². The predicted molar refractivity (Wildman–Crippen MR) is 75.3 cm³/mol. The molecule has 1 aromatic carbocycles. The van der Waals surface area contributed by atoms with E-state index in [0.717, 1.165) is 11.3 Å². The van der Waals surface area contributed by atoms with E-state index in [4.69, 9.17) is 19.0 Å². The van der Waals surface area contributed by atoms with Crippen molar-refractivity contribution in [2.75, 3.05) is 13.7 Å². The molecule has 0 bridgehead atoms. The summed E-state index contributed by atoms with van der Waals surface area (Å²) < 4.78 is 16.3. The van der Waals surface area contributed by atoms with Gasteiger partial charge in [0.2, 0.25) is 0 Å². The maximum Gasteiger partial charge on any atom is 0.187 e. The minimum Gasteiger partial charge on any atom is -0.497 e. The lowest BCUT2D eigenvalue weighted by atomic mass is 9.99. The number of benzene rings is 1. The van der Waals surface area contributed by atoms with Gasteiger partial charge in [0.25, 0.3) is 0 Å². The summed E-state index contributed by atoms with van der Waals surface area (Å²) in [7, 11) is 1.61. The zero-order valence-electron chi connectivity index (χ0n) is 12.3. The van der Waals surface area contributed by atoms with Gasteiger partial charge in [-0.2, -0.15) is 0 Å². The molecule has 0 amide bonds. The third-order valence-corrected chi connectivity index (χ3v) is 3.65. The zero-order valence-corrected chi connectivity index (χ0v) is 12.3. The molecule has 6 heteroatoms. The van der Waals surface area contributed by atoms with E-state index in [1.807, 2.05) is 38.1 Å². The Balaban J connectivity index is 1.72. The molecule has 0 aromatic heterocycles. The lowest BCUT2D eigenvalue weighted by Crippen LogP contribution is -2.41. The van der Waals surface area contributed by atoms with E-state index < -0.39 is 18.0 Å². The Morgan fingerprint density at radius 1 is 1.29 bits per heavy atom. The average Bonchev–Trinajstić information content (AvgIpc) is 3.01. The molecule has 0 unspecified atom stereocenters.